The highest BCUT2D eigenvalue weighted by Gasteiger charge is 2.35. The molecule has 1 saturated heterocycles. The van der Waals surface area contributed by atoms with Gasteiger partial charge in [-0.2, -0.15) is 0 Å². The highest BCUT2D eigenvalue weighted by molar-refractivity contribution is 5.98. The lowest BCUT2D eigenvalue weighted by molar-refractivity contribution is -0.125. The van der Waals surface area contributed by atoms with Gasteiger partial charge in [0.25, 0.3) is 5.91 Å². The second-order valence-electron chi connectivity index (χ2n) is 9.89. The molecule has 0 spiro atoms. The smallest absolute Gasteiger partial charge is 0.270 e. The molecule has 184 valence electrons. The fourth-order valence-corrected chi connectivity index (χ4v) is 5.11. The van der Waals surface area contributed by atoms with E-state index >= 15 is 0 Å². The number of amides is 2. The van der Waals surface area contributed by atoms with Crippen LogP contribution < -0.4 is 10.6 Å². The number of carbonyl (C=O) groups excluding carboxylic acids is 2. The first-order valence-corrected chi connectivity index (χ1v) is 12.4. The monoisotopic (exact) mass is 483 g/mol. The minimum Gasteiger partial charge on any atom is -0.358 e. The molecule has 0 aliphatic carbocycles. The minimum absolute atomic E-state index is 0.0303. The van der Waals surface area contributed by atoms with E-state index in [1.54, 1.807) is 0 Å². The van der Waals surface area contributed by atoms with Gasteiger partial charge in [0, 0.05) is 29.4 Å². The zero-order valence-corrected chi connectivity index (χ0v) is 20.4. The summed E-state index contributed by atoms with van der Waals surface area (Å²) in [6.07, 6.45) is -0.348. The molecule has 1 fully saturated rings. The molecule has 2 amide bonds. The third-order valence-electron chi connectivity index (χ3n) is 7.08. The number of anilines is 1. The SMILES string of the molecule is CC(C)[C@@H]1Nc2nc(nc3ccccc23)CN2CCN(C(=O)c3cc4ccccc4[nH]3)CC2NC1=O. The largest absolute Gasteiger partial charge is 0.358 e. The topological polar surface area (TPSA) is 106 Å². The van der Waals surface area contributed by atoms with Gasteiger partial charge in [0.15, 0.2) is 0 Å². The Kier molecular flexibility index (Phi) is 5.56. The number of hydrogen-bond donors (Lipinski definition) is 3. The molecule has 36 heavy (non-hydrogen) atoms. The Morgan fingerprint density at radius 3 is 2.67 bits per heavy atom. The third kappa shape index (κ3) is 4.05. The van der Waals surface area contributed by atoms with Gasteiger partial charge in [0.05, 0.1) is 18.6 Å². The zero-order valence-electron chi connectivity index (χ0n) is 20.4. The van der Waals surface area contributed by atoms with E-state index in [1.807, 2.05) is 73.3 Å². The van der Waals surface area contributed by atoms with Crippen LogP contribution in [0.1, 0.15) is 30.2 Å². The molecule has 4 heterocycles. The Labute approximate surface area is 208 Å². The summed E-state index contributed by atoms with van der Waals surface area (Å²) >= 11 is 0. The number of rotatable bonds is 2. The van der Waals surface area contributed by atoms with Crippen LogP contribution in [0.15, 0.2) is 54.6 Å². The maximum absolute atomic E-state index is 13.5. The van der Waals surface area contributed by atoms with Gasteiger partial charge in [-0.1, -0.05) is 44.2 Å². The highest BCUT2D eigenvalue weighted by atomic mass is 16.2. The average Bonchev–Trinajstić information content (AvgIpc) is 3.31. The van der Waals surface area contributed by atoms with Gasteiger partial charge in [-0.25, -0.2) is 9.97 Å². The summed E-state index contributed by atoms with van der Waals surface area (Å²) in [4.78, 5) is 43.7. The van der Waals surface area contributed by atoms with Crippen LogP contribution in [0.2, 0.25) is 0 Å². The van der Waals surface area contributed by atoms with Crippen molar-refractivity contribution in [2.24, 2.45) is 5.92 Å². The Bertz CT molecular complexity index is 1430. The second-order valence-corrected chi connectivity index (χ2v) is 9.89. The number of benzene rings is 2. The molecule has 2 bridgehead atoms. The van der Waals surface area contributed by atoms with E-state index in [2.05, 4.69) is 20.5 Å². The molecule has 0 saturated carbocycles. The van der Waals surface area contributed by atoms with E-state index in [0.717, 1.165) is 21.8 Å². The third-order valence-corrected chi connectivity index (χ3v) is 7.08. The molecule has 2 aromatic heterocycles. The molecule has 2 aliphatic rings. The summed E-state index contributed by atoms with van der Waals surface area (Å²) in [6, 6.07) is 17.1. The van der Waals surface area contributed by atoms with Crippen molar-refractivity contribution >= 4 is 39.4 Å². The normalized spacial score (nSPS) is 20.8. The van der Waals surface area contributed by atoms with Crippen molar-refractivity contribution in [3.8, 4) is 0 Å². The van der Waals surface area contributed by atoms with E-state index in [9.17, 15) is 9.59 Å². The predicted octanol–water partition coefficient (Wildman–Crippen LogP) is 2.96. The number of hydrogen-bond acceptors (Lipinski definition) is 6. The average molecular weight is 484 g/mol. The summed E-state index contributed by atoms with van der Waals surface area (Å²) in [5, 5.41) is 8.49. The van der Waals surface area contributed by atoms with E-state index < -0.39 is 6.04 Å². The summed E-state index contributed by atoms with van der Waals surface area (Å²) in [6.45, 7) is 6.03. The zero-order chi connectivity index (χ0) is 24.8. The van der Waals surface area contributed by atoms with Crippen molar-refractivity contribution in [3.63, 3.8) is 0 Å². The van der Waals surface area contributed by atoms with Crippen molar-refractivity contribution in [1.29, 1.82) is 0 Å². The number of aromatic amines is 1. The minimum atomic E-state index is -0.476. The maximum atomic E-state index is 13.5. The highest BCUT2D eigenvalue weighted by Crippen LogP contribution is 2.25. The Balaban J connectivity index is 1.32. The summed E-state index contributed by atoms with van der Waals surface area (Å²) in [7, 11) is 0. The van der Waals surface area contributed by atoms with Crippen LogP contribution in [0.3, 0.4) is 0 Å². The first-order valence-electron chi connectivity index (χ1n) is 12.4. The molecule has 9 nitrogen and oxygen atoms in total. The van der Waals surface area contributed by atoms with Gasteiger partial charge >= 0.3 is 0 Å². The van der Waals surface area contributed by atoms with E-state index in [4.69, 9.17) is 9.97 Å². The van der Waals surface area contributed by atoms with Gasteiger partial charge in [-0.05, 0) is 30.2 Å². The van der Waals surface area contributed by atoms with Crippen molar-refractivity contribution in [2.75, 3.05) is 25.0 Å². The van der Waals surface area contributed by atoms with Crippen molar-refractivity contribution in [1.82, 2.24) is 30.1 Å². The van der Waals surface area contributed by atoms with Crippen LogP contribution in [0.4, 0.5) is 5.82 Å². The maximum Gasteiger partial charge on any atom is 0.270 e. The summed E-state index contributed by atoms with van der Waals surface area (Å²) in [5.41, 5.74) is 2.33. The number of nitrogens with one attached hydrogen (secondary N) is 3. The number of H-pyrrole nitrogens is 1. The quantitative estimate of drug-likeness (QED) is 0.405. The molecule has 0 radical (unpaired) electrons. The van der Waals surface area contributed by atoms with E-state index in [0.29, 0.717) is 43.5 Å². The summed E-state index contributed by atoms with van der Waals surface area (Å²) < 4.78 is 0. The number of carbonyl (C=O) groups is 2. The van der Waals surface area contributed by atoms with Crippen LogP contribution in [-0.2, 0) is 11.3 Å². The van der Waals surface area contributed by atoms with Gasteiger partial charge in [0.2, 0.25) is 5.91 Å². The first kappa shape index (κ1) is 22.5. The van der Waals surface area contributed by atoms with Crippen LogP contribution in [0.5, 0.6) is 0 Å². The second kappa shape index (κ2) is 8.91. The van der Waals surface area contributed by atoms with Gasteiger partial charge in [-0.15, -0.1) is 0 Å². The van der Waals surface area contributed by atoms with Crippen LogP contribution in [0, 0.1) is 5.92 Å². The molecule has 1 unspecified atom stereocenters. The van der Waals surface area contributed by atoms with Gasteiger partial charge in [-0.3, -0.25) is 14.5 Å². The molecule has 2 atom stereocenters. The lowest BCUT2D eigenvalue weighted by atomic mass is 10.0. The number of piperazine rings is 1. The lowest BCUT2D eigenvalue weighted by Gasteiger charge is -2.42. The molecule has 4 aromatic rings. The van der Waals surface area contributed by atoms with Gasteiger partial charge in [0.1, 0.15) is 29.5 Å². The molecule has 3 N–H and O–H groups in total. The van der Waals surface area contributed by atoms with E-state index in [1.165, 1.54) is 0 Å². The fourth-order valence-electron chi connectivity index (χ4n) is 5.11. The lowest BCUT2D eigenvalue weighted by Crippen LogP contribution is -2.63. The number of fused-ring (bicyclic) bond motifs is 6. The van der Waals surface area contributed by atoms with E-state index in [-0.39, 0.29) is 23.9 Å². The summed E-state index contributed by atoms with van der Waals surface area (Å²) in [5.74, 6) is 1.22. The van der Waals surface area contributed by atoms with Crippen LogP contribution in [-0.4, -0.2) is 68.4 Å². The Morgan fingerprint density at radius 1 is 1.03 bits per heavy atom. The molecule has 9 heteroatoms. The number of para-hydroxylation sites is 2. The Morgan fingerprint density at radius 2 is 1.83 bits per heavy atom. The number of nitrogens with zero attached hydrogens (tertiary/aromatic N) is 4. The van der Waals surface area contributed by atoms with Crippen molar-refractivity contribution < 1.29 is 9.59 Å². The van der Waals surface area contributed by atoms with Gasteiger partial charge < -0.3 is 20.5 Å². The molecular formula is C27H29N7O2. The number of aromatic nitrogens is 3. The predicted molar refractivity (Wildman–Crippen MR) is 138 cm³/mol. The fraction of sp³-hybridized carbons (Fsp3) is 0.333. The standard InChI is InChI=1S/C27H29N7O2/c1-16(2)24-26(35)31-23-15-34(27(36)21-13-17-7-3-5-9-19(17)28-21)12-11-33(23)14-22-29-20-10-6-4-8-18(20)25(30-22)32-24/h3-10,13,16,23-24,28H,11-12,14-15H2,1-2H3,(H,31,35)(H,29,30,32)/t23?,24-/m0/s1. The van der Waals surface area contributed by atoms with Crippen LogP contribution >= 0.6 is 0 Å². The Hall–Kier alpha value is -3.98. The molecular weight excluding hydrogens is 454 g/mol. The van der Waals surface area contributed by atoms with Crippen molar-refractivity contribution in [2.45, 2.75) is 32.6 Å². The molecule has 6 rings (SSSR count). The molecule has 2 aromatic carbocycles. The van der Waals surface area contributed by atoms with Crippen LogP contribution in [0.25, 0.3) is 21.8 Å². The molecule has 2 aliphatic heterocycles. The first-order chi connectivity index (χ1) is 17.5. The van der Waals surface area contributed by atoms with Crippen molar-refractivity contribution in [3.05, 3.63) is 66.1 Å².